The van der Waals surface area contributed by atoms with Crippen LogP contribution in [0.1, 0.15) is 99.3 Å². The molecular formula is C44H69N3O11. The van der Waals surface area contributed by atoms with Crippen LogP contribution in [0.25, 0.3) is 0 Å². The summed E-state index contributed by atoms with van der Waals surface area (Å²) in [5.74, 6) is -1.39. The van der Waals surface area contributed by atoms with Gasteiger partial charge in [0.15, 0.2) is 6.10 Å². The zero-order valence-electron chi connectivity index (χ0n) is 35.7. The standard InChI is InChI=1S/C44H69N3O11/c1-8-34(49)32(4)41-35(56-41)29-43(5,54)20-13-14-30(2)40-31(3)15-16-36(44(6,55-7)21-19-33(48)28-39(52)58-40)57-42(53)46-26-24-45(25-27-46)22-11-9-10-12-23-47-37(50)17-18-38(47)51/h13-18,20,31-36,40-41,48-49,54H,8-12,19,21-29H2,1-7H3/b16-15?,20-13+,30-14+/t31?,32-,33?,34+,35+,36?,40?,41+,43?,44?/m1/s1. The number of imide groups is 1. The quantitative estimate of drug-likeness (QED) is 0.0470. The van der Waals surface area contributed by atoms with Crippen LogP contribution < -0.4 is 0 Å². The maximum atomic E-state index is 13.6. The molecule has 4 aliphatic rings. The molecule has 0 bridgehead atoms. The number of carbonyl (C=O) groups is 4. The van der Waals surface area contributed by atoms with Gasteiger partial charge in [0.1, 0.15) is 11.7 Å². The molecule has 0 aromatic heterocycles. The number of amides is 3. The minimum absolute atomic E-state index is 0.0195. The SMILES string of the molecule is CC[C@H](O)[C@@H](C)[C@@H]1O[C@H]1CC(C)(O)/C=C/C=C(\C)C1OC(=O)CC(O)CCC(C)(OC)C(OC(=O)N2CCN(CCCCCCN3C(=O)C=CC3=O)CC2)C=CC1C. The fourth-order valence-corrected chi connectivity index (χ4v) is 7.96. The van der Waals surface area contributed by atoms with Crippen molar-refractivity contribution in [3.63, 3.8) is 0 Å². The molecule has 4 heterocycles. The van der Waals surface area contributed by atoms with Crippen LogP contribution in [0.4, 0.5) is 4.79 Å². The van der Waals surface area contributed by atoms with Crippen molar-refractivity contribution in [2.45, 2.75) is 147 Å². The number of rotatable bonds is 17. The number of allylic oxidation sites excluding steroid dienone is 2. The smallest absolute Gasteiger partial charge is 0.410 e. The molecule has 0 aliphatic carbocycles. The van der Waals surface area contributed by atoms with Crippen LogP contribution in [-0.2, 0) is 33.3 Å². The van der Waals surface area contributed by atoms with E-state index in [1.54, 1.807) is 43.2 Å². The number of ether oxygens (including phenoxy) is 4. The van der Waals surface area contributed by atoms with Crippen molar-refractivity contribution < 1.29 is 53.4 Å². The molecular weight excluding hydrogens is 746 g/mol. The molecule has 3 N–H and O–H groups in total. The molecule has 58 heavy (non-hydrogen) atoms. The van der Waals surface area contributed by atoms with Crippen LogP contribution in [0.2, 0.25) is 0 Å². The third-order valence-corrected chi connectivity index (χ3v) is 12.2. The zero-order valence-corrected chi connectivity index (χ0v) is 35.7. The Kier molecular flexibility index (Phi) is 17.7. The number of esters is 1. The topological polar surface area (TPSA) is 179 Å². The number of methoxy groups -OCH3 is 1. The fourth-order valence-electron chi connectivity index (χ4n) is 7.96. The summed E-state index contributed by atoms with van der Waals surface area (Å²) in [7, 11) is 1.55. The van der Waals surface area contributed by atoms with Gasteiger partial charge in [-0.05, 0) is 71.1 Å². The van der Waals surface area contributed by atoms with E-state index in [0.29, 0.717) is 52.0 Å². The van der Waals surface area contributed by atoms with Gasteiger partial charge in [0.25, 0.3) is 11.8 Å². The number of epoxide rings is 1. The predicted octanol–water partition coefficient (Wildman–Crippen LogP) is 4.47. The van der Waals surface area contributed by atoms with Crippen LogP contribution in [0.15, 0.2) is 48.1 Å². The molecule has 0 aromatic carbocycles. The first-order valence-electron chi connectivity index (χ1n) is 21.2. The van der Waals surface area contributed by atoms with Gasteiger partial charge in [-0.25, -0.2) is 4.79 Å². The molecule has 10 atom stereocenters. The molecule has 0 radical (unpaired) electrons. The predicted molar refractivity (Wildman–Crippen MR) is 218 cm³/mol. The Hall–Kier alpha value is -3.40. The molecule has 0 saturated carbocycles. The Bertz CT molecular complexity index is 1500. The second-order valence-electron chi connectivity index (χ2n) is 17.1. The second-order valence-corrected chi connectivity index (χ2v) is 17.1. The first kappa shape index (κ1) is 47.3. The molecule has 2 saturated heterocycles. The molecule has 0 spiro atoms. The molecule has 3 amide bonds. The van der Waals surface area contributed by atoms with Crippen LogP contribution in [-0.4, -0.2) is 148 Å². The number of aliphatic hydroxyl groups is 3. The largest absolute Gasteiger partial charge is 0.457 e. The van der Waals surface area contributed by atoms with Gasteiger partial charge in [-0.15, -0.1) is 0 Å². The number of aliphatic hydroxyl groups excluding tert-OH is 2. The van der Waals surface area contributed by atoms with Crippen LogP contribution in [0.3, 0.4) is 0 Å². The molecule has 4 rings (SSSR count). The number of unbranched alkanes of at least 4 members (excludes halogenated alkanes) is 3. The number of cyclic esters (lactones) is 1. The number of nitrogens with zero attached hydrogens (tertiary/aromatic N) is 3. The highest BCUT2D eigenvalue weighted by atomic mass is 16.6. The van der Waals surface area contributed by atoms with Crippen molar-refractivity contribution in [2.75, 3.05) is 46.4 Å². The lowest BCUT2D eigenvalue weighted by Crippen LogP contribution is -2.51. The number of hydrogen-bond acceptors (Lipinski definition) is 12. The Morgan fingerprint density at radius 2 is 1.72 bits per heavy atom. The van der Waals surface area contributed by atoms with Gasteiger partial charge in [-0.3, -0.25) is 24.2 Å². The minimum Gasteiger partial charge on any atom is -0.457 e. The van der Waals surface area contributed by atoms with Crippen LogP contribution >= 0.6 is 0 Å². The molecule has 0 aromatic rings. The van der Waals surface area contributed by atoms with Gasteiger partial charge < -0.3 is 39.2 Å². The molecule has 2 fully saturated rings. The third kappa shape index (κ3) is 13.8. The van der Waals surface area contributed by atoms with Gasteiger partial charge in [0, 0.05) is 70.2 Å². The molecule has 6 unspecified atom stereocenters. The average Bonchev–Trinajstić information content (AvgIpc) is 3.87. The first-order chi connectivity index (χ1) is 27.5. The summed E-state index contributed by atoms with van der Waals surface area (Å²) < 4.78 is 23.9. The minimum atomic E-state index is -1.17. The Morgan fingerprint density at radius 1 is 1.07 bits per heavy atom. The molecule has 14 nitrogen and oxygen atoms in total. The highest BCUT2D eigenvalue weighted by Gasteiger charge is 2.47. The van der Waals surface area contributed by atoms with Crippen molar-refractivity contribution in [3.8, 4) is 0 Å². The molecule has 326 valence electrons. The Labute approximate surface area is 344 Å². The van der Waals surface area contributed by atoms with E-state index >= 15 is 0 Å². The summed E-state index contributed by atoms with van der Waals surface area (Å²) in [6.45, 7) is 15.0. The van der Waals surface area contributed by atoms with Gasteiger partial charge in [-0.1, -0.05) is 57.9 Å². The van der Waals surface area contributed by atoms with E-state index in [0.717, 1.165) is 37.8 Å². The lowest BCUT2D eigenvalue weighted by Gasteiger charge is -2.38. The molecule has 4 aliphatic heterocycles. The third-order valence-electron chi connectivity index (χ3n) is 12.2. The van der Waals surface area contributed by atoms with Crippen LogP contribution in [0, 0.1) is 11.8 Å². The van der Waals surface area contributed by atoms with Crippen molar-refractivity contribution >= 4 is 23.9 Å². The summed E-state index contributed by atoms with van der Waals surface area (Å²) >= 11 is 0. The van der Waals surface area contributed by atoms with E-state index in [-0.39, 0.29) is 48.7 Å². The maximum Gasteiger partial charge on any atom is 0.410 e. The molecule has 14 heteroatoms. The summed E-state index contributed by atoms with van der Waals surface area (Å²) in [4.78, 5) is 55.4. The number of hydrogen-bond donors (Lipinski definition) is 3. The maximum absolute atomic E-state index is 13.6. The van der Waals surface area contributed by atoms with Gasteiger partial charge in [-0.2, -0.15) is 0 Å². The lowest BCUT2D eigenvalue weighted by molar-refractivity contribution is -0.151. The number of piperazine rings is 1. The lowest BCUT2D eigenvalue weighted by atomic mass is 9.88. The van der Waals surface area contributed by atoms with E-state index in [1.807, 2.05) is 40.7 Å². The first-order valence-corrected chi connectivity index (χ1v) is 21.2. The van der Waals surface area contributed by atoms with Gasteiger partial charge in [0.2, 0.25) is 0 Å². The van der Waals surface area contributed by atoms with E-state index in [9.17, 15) is 34.5 Å². The van der Waals surface area contributed by atoms with E-state index in [4.69, 9.17) is 18.9 Å². The summed E-state index contributed by atoms with van der Waals surface area (Å²) in [6.07, 6.45) is 12.9. The van der Waals surface area contributed by atoms with Gasteiger partial charge >= 0.3 is 12.1 Å². The van der Waals surface area contributed by atoms with E-state index in [2.05, 4.69) is 4.90 Å². The monoisotopic (exact) mass is 815 g/mol. The Balaban J connectivity index is 1.34. The van der Waals surface area contributed by atoms with Crippen molar-refractivity contribution in [2.24, 2.45) is 11.8 Å². The summed E-state index contributed by atoms with van der Waals surface area (Å²) in [5, 5.41) is 32.1. The van der Waals surface area contributed by atoms with Crippen molar-refractivity contribution in [1.29, 1.82) is 0 Å². The second kappa shape index (κ2) is 21.7. The highest BCUT2D eigenvalue weighted by Crippen LogP contribution is 2.38. The van der Waals surface area contributed by atoms with Gasteiger partial charge in [0.05, 0.1) is 36.4 Å². The summed E-state index contributed by atoms with van der Waals surface area (Å²) in [5.41, 5.74) is -1.44. The zero-order chi connectivity index (χ0) is 42.6. The average molecular weight is 816 g/mol. The Morgan fingerprint density at radius 3 is 2.36 bits per heavy atom. The van der Waals surface area contributed by atoms with E-state index < -0.39 is 47.7 Å². The van der Waals surface area contributed by atoms with Crippen LogP contribution in [0.5, 0.6) is 0 Å². The number of carbonyl (C=O) groups excluding carboxylic acids is 4. The fraction of sp³-hybridized carbons (Fsp3) is 0.727. The highest BCUT2D eigenvalue weighted by molar-refractivity contribution is 6.12. The van der Waals surface area contributed by atoms with E-state index in [1.165, 1.54) is 17.1 Å². The van der Waals surface area contributed by atoms with Crippen molar-refractivity contribution in [3.05, 3.63) is 48.1 Å². The summed E-state index contributed by atoms with van der Waals surface area (Å²) in [6, 6.07) is 0. The van der Waals surface area contributed by atoms with Crippen molar-refractivity contribution in [1.82, 2.24) is 14.7 Å². The normalized spacial score (nSPS) is 31.1.